The van der Waals surface area contributed by atoms with Crippen LogP contribution in [0, 0.1) is 5.95 Å². The van der Waals surface area contributed by atoms with Gasteiger partial charge in [0.1, 0.15) is 5.82 Å². The van der Waals surface area contributed by atoms with E-state index in [-0.39, 0.29) is 23.4 Å². The van der Waals surface area contributed by atoms with E-state index in [9.17, 15) is 14.3 Å². The second-order valence-corrected chi connectivity index (χ2v) is 8.95. The van der Waals surface area contributed by atoms with Gasteiger partial charge in [-0.1, -0.05) is 69.7 Å². The largest absolute Gasteiger partial charge is 0.493 e. The third-order valence-corrected chi connectivity index (χ3v) is 6.56. The number of unbranched alkanes of at least 4 members (excludes halogenated alkanes) is 1. The summed E-state index contributed by atoms with van der Waals surface area (Å²) >= 11 is 0. The third-order valence-electron chi connectivity index (χ3n) is 6.56. The SMILES string of the molecule is CCCCc1nc(O)c(Cc2ccc(-c3ccc(F)nc3)cc2)c(=O)n1-c1c(CC)cccc1CC. The van der Waals surface area contributed by atoms with Crippen LogP contribution < -0.4 is 5.56 Å². The minimum absolute atomic E-state index is 0.207. The van der Waals surface area contributed by atoms with Crippen molar-refractivity contribution in [1.29, 1.82) is 0 Å². The van der Waals surface area contributed by atoms with Gasteiger partial charge >= 0.3 is 0 Å². The van der Waals surface area contributed by atoms with Crippen molar-refractivity contribution in [2.24, 2.45) is 0 Å². The standard InChI is InChI=1S/C30H32FN3O2/c1-4-7-11-27-33-29(35)25(30(36)34(27)28-21(5-2)9-8-10-22(28)6-3)18-20-12-14-23(15-13-20)24-16-17-26(31)32-19-24/h8-10,12-17,19,35H,4-7,11,18H2,1-3H3. The lowest BCUT2D eigenvalue weighted by atomic mass is 10.0. The van der Waals surface area contributed by atoms with E-state index in [0.29, 0.717) is 12.2 Å². The van der Waals surface area contributed by atoms with Crippen LogP contribution in [-0.2, 0) is 25.7 Å². The first-order valence-electron chi connectivity index (χ1n) is 12.6. The van der Waals surface area contributed by atoms with Crippen LogP contribution in [0.4, 0.5) is 4.39 Å². The summed E-state index contributed by atoms with van der Waals surface area (Å²) in [6, 6.07) is 16.8. The molecule has 0 saturated heterocycles. The number of nitrogens with zero attached hydrogens (tertiary/aromatic N) is 3. The summed E-state index contributed by atoms with van der Waals surface area (Å²) in [5.41, 5.74) is 5.69. The van der Waals surface area contributed by atoms with E-state index in [4.69, 9.17) is 0 Å². The average molecular weight is 486 g/mol. The minimum atomic E-state index is -0.520. The van der Waals surface area contributed by atoms with E-state index in [0.717, 1.165) is 59.2 Å². The molecule has 2 heterocycles. The fourth-order valence-electron chi connectivity index (χ4n) is 4.54. The zero-order valence-electron chi connectivity index (χ0n) is 21.1. The van der Waals surface area contributed by atoms with E-state index in [1.807, 2.05) is 30.3 Å². The van der Waals surface area contributed by atoms with Crippen LogP contribution in [-0.4, -0.2) is 19.6 Å². The molecule has 0 atom stereocenters. The molecule has 5 nitrogen and oxygen atoms in total. The third kappa shape index (κ3) is 5.23. The Bertz CT molecular complexity index is 1370. The molecule has 0 unspecified atom stereocenters. The van der Waals surface area contributed by atoms with Crippen LogP contribution in [0.2, 0.25) is 0 Å². The fraction of sp³-hybridized carbons (Fsp3) is 0.300. The van der Waals surface area contributed by atoms with E-state index >= 15 is 0 Å². The normalized spacial score (nSPS) is 11.1. The number of benzene rings is 2. The van der Waals surface area contributed by atoms with E-state index in [1.54, 1.807) is 10.6 Å². The molecule has 0 saturated carbocycles. The summed E-state index contributed by atoms with van der Waals surface area (Å²) in [7, 11) is 0. The Morgan fingerprint density at radius 1 is 0.917 bits per heavy atom. The van der Waals surface area contributed by atoms with Crippen molar-refractivity contribution in [2.75, 3.05) is 0 Å². The second-order valence-electron chi connectivity index (χ2n) is 8.95. The molecular weight excluding hydrogens is 453 g/mol. The lowest BCUT2D eigenvalue weighted by molar-refractivity contribution is 0.437. The van der Waals surface area contributed by atoms with E-state index in [1.165, 1.54) is 12.3 Å². The van der Waals surface area contributed by atoms with Crippen molar-refractivity contribution >= 4 is 0 Å². The van der Waals surface area contributed by atoms with Gasteiger partial charge in [-0.05, 0) is 53.6 Å². The number of aromatic hydroxyl groups is 1. The summed E-state index contributed by atoms with van der Waals surface area (Å²) in [5, 5.41) is 10.8. The number of pyridine rings is 1. The second kappa shape index (κ2) is 11.3. The zero-order valence-corrected chi connectivity index (χ0v) is 21.1. The highest BCUT2D eigenvalue weighted by Gasteiger charge is 2.21. The molecule has 36 heavy (non-hydrogen) atoms. The predicted molar refractivity (Wildman–Crippen MR) is 141 cm³/mol. The van der Waals surface area contributed by atoms with Gasteiger partial charge in [-0.2, -0.15) is 9.37 Å². The summed E-state index contributed by atoms with van der Waals surface area (Å²) in [4.78, 5) is 22.2. The first kappa shape index (κ1) is 25.3. The molecular formula is C30H32FN3O2. The first-order valence-corrected chi connectivity index (χ1v) is 12.6. The average Bonchev–Trinajstić information content (AvgIpc) is 2.90. The summed E-state index contributed by atoms with van der Waals surface area (Å²) in [6.07, 6.45) is 5.78. The minimum Gasteiger partial charge on any atom is -0.493 e. The maximum Gasteiger partial charge on any atom is 0.265 e. The van der Waals surface area contributed by atoms with E-state index in [2.05, 4.69) is 42.9 Å². The Morgan fingerprint density at radius 2 is 1.58 bits per heavy atom. The van der Waals surface area contributed by atoms with Crippen molar-refractivity contribution in [3.8, 4) is 22.7 Å². The molecule has 4 aromatic rings. The highest BCUT2D eigenvalue weighted by Crippen LogP contribution is 2.26. The quantitative estimate of drug-likeness (QED) is 0.287. The van der Waals surface area contributed by atoms with Gasteiger partial charge < -0.3 is 5.11 Å². The molecule has 0 aliphatic carbocycles. The number of hydrogen-bond donors (Lipinski definition) is 1. The maximum absolute atomic E-state index is 14.0. The Labute approximate surface area is 211 Å². The topological polar surface area (TPSA) is 68.0 Å². The number of aromatic nitrogens is 3. The van der Waals surface area contributed by atoms with Crippen LogP contribution in [0.3, 0.4) is 0 Å². The van der Waals surface area contributed by atoms with Gasteiger partial charge in [-0.25, -0.2) is 4.98 Å². The monoisotopic (exact) mass is 485 g/mol. The smallest absolute Gasteiger partial charge is 0.265 e. The van der Waals surface area contributed by atoms with Crippen LogP contribution in [0.25, 0.3) is 16.8 Å². The van der Waals surface area contributed by atoms with E-state index < -0.39 is 5.95 Å². The van der Waals surface area contributed by atoms with Gasteiger partial charge in [0.05, 0.1) is 11.3 Å². The molecule has 2 aromatic carbocycles. The summed E-state index contributed by atoms with van der Waals surface area (Å²) in [6.45, 7) is 6.27. The number of para-hydroxylation sites is 1. The van der Waals surface area contributed by atoms with Crippen molar-refractivity contribution in [3.05, 3.63) is 105 Å². The van der Waals surface area contributed by atoms with Gasteiger partial charge in [0, 0.05) is 24.6 Å². The molecule has 0 radical (unpaired) electrons. The van der Waals surface area contributed by atoms with Crippen LogP contribution in [0.15, 0.2) is 65.6 Å². The highest BCUT2D eigenvalue weighted by molar-refractivity contribution is 5.62. The van der Waals surface area contributed by atoms with Gasteiger partial charge in [0.25, 0.3) is 5.56 Å². The first-order chi connectivity index (χ1) is 17.5. The van der Waals surface area contributed by atoms with Gasteiger partial charge in [0.15, 0.2) is 0 Å². The van der Waals surface area contributed by atoms with Crippen LogP contribution >= 0.6 is 0 Å². The van der Waals surface area contributed by atoms with Gasteiger partial charge in [0.2, 0.25) is 11.8 Å². The Hall–Kier alpha value is -3.80. The van der Waals surface area contributed by atoms with Gasteiger partial charge in [-0.15, -0.1) is 0 Å². The van der Waals surface area contributed by atoms with Crippen molar-refractivity contribution < 1.29 is 9.50 Å². The lowest BCUT2D eigenvalue weighted by Crippen LogP contribution is -2.29. The molecule has 6 heteroatoms. The number of halogens is 1. The van der Waals surface area contributed by atoms with Crippen LogP contribution in [0.1, 0.15) is 61.7 Å². The Kier molecular flexibility index (Phi) is 7.93. The molecule has 0 spiro atoms. The number of aryl methyl sites for hydroxylation is 3. The Morgan fingerprint density at radius 3 is 2.17 bits per heavy atom. The van der Waals surface area contributed by atoms with Crippen molar-refractivity contribution in [2.45, 2.75) is 59.3 Å². The molecule has 1 N–H and O–H groups in total. The Balaban J connectivity index is 1.79. The predicted octanol–water partition coefficient (Wildman–Crippen LogP) is 6.20. The van der Waals surface area contributed by atoms with Crippen molar-refractivity contribution in [1.82, 2.24) is 14.5 Å². The molecule has 0 amide bonds. The lowest BCUT2D eigenvalue weighted by Gasteiger charge is -2.20. The molecule has 2 aromatic heterocycles. The summed E-state index contributed by atoms with van der Waals surface area (Å²) in [5.74, 6) is -0.132. The number of rotatable bonds is 9. The molecule has 0 bridgehead atoms. The van der Waals surface area contributed by atoms with Gasteiger partial charge in [-0.3, -0.25) is 9.36 Å². The maximum atomic E-state index is 14.0. The molecule has 0 fully saturated rings. The zero-order chi connectivity index (χ0) is 25.7. The van der Waals surface area contributed by atoms with Crippen LogP contribution in [0.5, 0.6) is 5.88 Å². The summed E-state index contributed by atoms with van der Waals surface area (Å²) < 4.78 is 14.9. The molecule has 0 aliphatic rings. The molecule has 0 aliphatic heterocycles. The number of hydrogen-bond acceptors (Lipinski definition) is 4. The highest BCUT2D eigenvalue weighted by atomic mass is 19.1. The molecule has 4 rings (SSSR count). The van der Waals surface area contributed by atoms with Crippen molar-refractivity contribution in [3.63, 3.8) is 0 Å². The molecule has 186 valence electrons. The fourth-order valence-corrected chi connectivity index (χ4v) is 4.54.